The number of hydrogen-bond acceptors (Lipinski definition) is 3. The molecule has 0 amide bonds. The minimum atomic E-state index is 0.112. The summed E-state index contributed by atoms with van der Waals surface area (Å²) in [7, 11) is 0. The molecule has 2 aromatic heterocycles. The van der Waals surface area contributed by atoms with Gasteiger partial charge in [-0.25, -0.2) is 0 Å². The topological polar surface area (TPSA) is 24.9 Å². The fourth-order valence-electron chi connectivity index (χ4n) is 1.79. The second-order valence-corrected chi connectivity index (χ2v) is 5.96. The largest absolute Gasteiger partial charge is 0.306 e. The van der Waals surface area contributed by atoms with Crippen LogP contribution < -0.4 is 5.32 Å². The number of nitrogens with zero attached hydrogens (tertiary/aromatic N) is 1. The zero-order chi connectivity index (χ0) is 13.0. The molecule has 0 fully saturated rings. The molecule has 0 radical (unpaired) electrons. The van der Waals surface area contributed by atoms with Crippen molar-refractivity contribution in [3.05, 3.63) is 49.8 Å². The molecular weight excluding hydrogens is 332 g/mol. The van der Waals surface area contributed by atoms with E-state index in [4.69, 9.17) is 11.6 Å². The third kappa shape index (κ3) is 3.12. The van der Waals surface area contributed by atoms with E-state index in [1.807, 2.05) is 6.07 Å². The standard InChI is InChI=1S/C13H14BrClN2S/c1-2-4-17-13(10-7-18-8-11(10)14)9-3-5-16-6-12(9)15/h3,5-8,13,17H,2,4H2,1H3. The van der Waals surface area contributed by atoms with Crippen molar-refractivity contribution in [2.24, 2.45) is 0 Å². The second-order valence-electron chi connectivity index (χ2n) is 3.96. The van der Waals surface area contributed by atoms with Crippen LogP contribution >= 0.6 is 38.9 Å². The Kier molecular flexibility index (Phi) is 5.18. The first-order valence-corrected chi connectivity index (χ1v) is 7.89. The Bertz CT molecular complexity index is 515. The lowest BCUT2D eigenvalue weighted by Gasteiger charge is -2.19. The van der Waals surface area contributed by atoms with Crippen LogP contribution in [0.15, 0.2) is 33.7 Å². The highest BCUT2D eigenvalue weighted by molar-refractivity contribution is 9.10. The lowest BCUT2D eigenvalue weighted by atomic mass is 10.0. The summed E-state index contributed by atoms with van der Waals surface area (Å²) in [6, 6.07) is 2.08. The van der Waals surface area contributed by atoms with Crippen molar-refractivity contribution in [3.63, 3.8) is 0 Å². The average molecular weight is 346 g/mol. The Morgan fingerprint density at radius 2 is 2.28 bits per heavy atom. The fourth-order valence-corrected chi connectivity index (χ4v) is 3.57. The third-order valence-corrected chi connectivity index (χ3v) is 4.73. The van der Waals surface area contributed by atoms with Crippen LogP contribution in [-0.4, -0.2) is 11.5 Å². The summed E-state index contributed by atoms with van der Waals surface area (Å²) in [6.07, 6.45) is 4.56. The summed E-state index contributed by atoms with van der Waals surface area (Å²) in [4.78, 5) is 4.04. The van der Waals surface area contributed by atoms with Crippen LogP contribution in [-0.2, 0) is 0 Å². The van der Waals surface area contributed by atoms with E-state index in [9.17, 15) is 0 Å². The first-order valence-electron chi connectivity index (χ1n) is 5.78. The summed E-state index contributed by atoms with van der Waals surface area (Å²) in [6.45, 7) is 3.10. The van der Waals surface area contributed by atoms with Crippen LogP contribution in [0.1, 0.15) is 30.5 Å². The van der Waals surface area contributed by atoms with Gasteiger partial charge in [-0.05, 0) is 51.5 Å². The summed E-state index contributed by atoms with van der Waals surface area (Å²) in [5.74, 6) is 0. The highest BCUT2D eigenvalue weighted by Crippen LogP contribution is 2.34. The molecule has 5 heteroatoms. The maximum atomic E-state index is 6.25. The monoisotopic (exact) mass is 344 g/mol. The SMILES string of the molecule is CCCNC(c1ccncc1Cl)c1cscc1Br. The minimum absolute atomic E-state index is 0.112. The van der Waals surface area contributed by atoms with E-state index in [1.54, 1.807) is 23.7 Å². The van der Waals surface area contributed by atoms with E-state index in [0.717, 1.165) is 23.0 Å². The highest BCUT2D eigenvalue weighted by Gasteiger charge is 2.19. The van der Waals surface area contributed by atoms with Gasteiger partial charge in [0.05, 0.1) is 11.1 Å². The highest BCUT2D eigenvalue weighted by atomic mass is 79.9. The smallest absolute Gasteiger partial charge is 0.0640 e. The van der Waals surface area contributed by atoms with Crippen molar-refractivity contribution >= 4 is 38.9 Å². The molecule has 96 valence electrons. The van der Waals surface area contributed by atoms with Crippen molar-refractivity contribution in [1.82, 2.24) is 10.3 Å². The molecule has 0 aliphatic rings. The number of pyridine rings is 1. The number of thiophene rings is 1. The Morgan fingerprint density at radius 3 is 2.89 bits per heavy atom. The normalized spacial score (nSPS) is 12.6. The molecular formula is C13H14BrClN2S. The van der Waals surface area contributed by atoms with Crippen molar-refractivity contribution in [3.8, 4) is 0 Å². The van der Waals surface area contributed by atoms with Crippen molar-refractivity contribution in [1.29, 1.82) is 0 Å². The molecule has 2 heterocycles. The van der Waals surface area contributed by atoms with Gasteiger partial charge < -0.3 is 5.32 Å². The molecule has 2 rings (SSSR count). The van der Waals surface area contributed by atoms with Crippen molar-refractivity contribution < 1.29 is 0 Å². The van der Waals surface area contributed by atoms with Gasteiger partial charge in [0.25, 0.3) is 0 Å². The minimum Gasteiger partial charge on any atom is -0.306 e. The molecule has 2 nitrogen and oxygen atoms in total. The number of aromatic nitrogens is 1. The van der Waals surface area contributed by atoms with Gasteiger partial charge in [0.2, 0.25) is 0 Å². The van der Waals surface area contributed by atoms with E-state index in [-0.39, 0.29) is 6.04 Å². The van der Waals surface area contributed by atoms with Crippen LogP contribution in [0.3, 0.4) is 0 Å². The molecule has 0 saturated carbocycles. The van der Waals surface area contributed by atoms with E-state index in [2.05, 4.69) is 43.9 Å². The predicted octanol–water partition coefficient (Wildman–Crippen LogP) is 4.65. The Hall–Kier alpha value is -0.420. The number of halogens is 2. The van der Waals surface area contributed by atoms with Gasteiger partial charge in [0.15, 0.2) is 0 Å². The van der Waals surface area contributed by atoms with Crippen LogP contribution in [0.5, 0.6) is 0 Å². The summed E-state index contributed by atoms with van der Waals surface area (Å²) >= 11 is 11.5. The van der Waals surface area contributed by atoms with Gasteiger partial charge in [-0.3, -0.25) is 4.98 Å². The predicted molar refractivity (Wildman–Crippen MR) is 81.4 cm³/mol. The first-order chi connectivity index (χ1) is 8.74. The molecule has 0 aliphatic carbocycles. The summed E-state index contributed by atoms with van der Waals surface area (Å²) in [5, 5.41) is 8.47. The molecule has 0 saturated heterocycles. The Morgan fingerprint density at radius 1 is 1.44 bits per heavy atom. The maximum Gasteiger partial charge on any atom is 0.0640 e. The van der Waals surface area contributed by atoms with E-state index in [1.165, 1.54) is 5.56 Å². The van der Waals surface area contributed by atoms with Gasteiger partial charge in [-0.1, -0.05) is 18.5 Å². The zero-order valence-electron chi connectivity index (χ0n) is 9.99. The average Bonchev–Trinajstić information content (AvgIpc) is 2.78. The van der Waals surface area contributed by atoms with Gasteiger partial charge in [-0.2, -0.15) is 11.3 Å². The fraction of sp³-hybridized carbons (Fsp3) is 0.308. The molecule has 1 N–H and O–H groups in total. The van der Waals surface area contributed by atoms with Gasteiger partial charge in [-0.15, -0.1) is 0 Å². The Labute approximate surface area is 125 Å². The van der Waals surface area contributed by atoms with Crippen molar-refractivity contribution in [2.75, 3.05) is 6.54 Å². The molecule has 0 spiro atoms. The van der Waals surface area contributed by atoms with Crippen LogP contribution in [0.4, 0.5) is 0 Å². The zero-order valence-corrected chi connectivity index (χ0v) is 13.1. The second kappa shape index (κ2) is 6.66. The quantitative estimate of drug-likeness (QED) is 0.853. The number of hydrogen-bond donors (Lipinski definition) is 1. The van der Waals surface area contributed by atoms with Crippen molar-refractivity contribution in [2.45, 2.75) is 19.4 Å². The number of rotatable bonds is 5. The van der Waals surface area contributed by atoms with Gasteiger partial charge in [0.1, 0.15) is 0 Å². The van der Waals surface area contributed by atoms with E-state index >= 15 is 0 Å². The first kappa shape index (κ1) is 14.0. The van der Waals surface area contributed by atoms with Crippen LogP contribution in [0, 0.1) is 0 Å². The van der Waals surface area contributed by atoms with Gasteiger partial charge >= 0.3 is 0 Å². The van der Waals surface area contributed by atoms with E-state index < -0.39 is 0 Å². The number of nitrogens with one attached hydrogen (secondary N) is 1. The Balaban J connectivity index is 2.37. The summed E-state index contributed by atoms with van der Waals surface area (Å²) < 4.78 is 1.12. The molecule has 1 unspecified atom stereocenters. The molecule has 2 aromatic rings. The molecule has 0 bridgehead atoms. The summed E-state index contributed by atoms with van der Waals surface area (Å²) in [5.41, 5.74) is 2.29. The molecule has 1 atom stereocenters. The maximum absolute atomic E-state index is 6.25. The van der Waals surface area contributed by atoms with Gasteiger partial charge in [0, 0.05) is 22.2 Å². The lowest BCUT2D eigenvalue weighted by Crippen LogP contribution is -2.23. The van der Waals surface area contributed by atoms with Crippen LogP contribution in [0.2, 0.25) is 5.02 Å². The molecule has 0 aromatic carbocycles. The third-order valence-electron chi connectivity index (χ3n) is 2.67. The van der Waals surface area contributed by atoms with E-state index in [0.29, 0.717) is 5.02 Å². The molecule has 18 heavy (non-hydrogen) atoms. The molecule has 0 aliphatic heterocycles. The van der Waals surface area contributed by atoms with Crippen LogP contribution in [0.25, 0.3) is 0 Å². The lowest BCUT2D eigenvalue weighted by molar-refractivity contribution is 0.598.